The third-order valence-corrected chi connectivity index (χ3v) is 3.72. The molecule has 2 aliphatic rings. The lowest BCUT2D eigenvalue weighted by Crippen LogP contribution is -2.27. The molecular weight excluding hydrogens is 178 g/mol. The minimum Gasteiger partial charge on any atom is -0.359 e. The smallest absolute Gasteiger partial charge is 0.146 e. The van der Waals surface area contributed by atoms with Crippen LogP contribution in [0.5, 0.6) is 0 Å². The first-order valence-electron chi connectivity index (χ1n) is 5.65. The predicted molar refractivity (Wildman–Crippen MR) is 54.8 cm³/mol. The van der Waals surface area contributed by atoms with Crippen molar-refractivity contribution in [2.75, 3.05) is 13.9 Å². The molecule has 82 valence electrons. The fourth-order valence-electron chi connectivity index (χ4n) is 3.07. The summed E-state index contributed by atoms with van der Waals surface area (Å²) in [5, 5.41) is 0. The summed E-state index contributed by atoms with van der Waals surface area (Å²) >= 11 is 0. The Kier molecular flexibility index (Phi) is 3.42. The largest absolute Gasteiger partial charge is 0.359 e. The van der Waals surface area contributed by atoms with Crippen LogP contribution in [0.15, 0.2) is 0 Å². The van der Waals surface area contributed by atoms with Gasteiger partial charge in [-0.1, -0.05) is 0 Å². The molecule has 0 aromatic heterocycles. The van der Waals surface area contributed by atoms with E-state index in [-0.39, 0.29) is 0 Å². The lowest BCUT2D eigenvalue weighted by molar-refractivity contribution is -0.0921. The van der Waals surface area contributed by atoms with E-state index in [9.17, 15) is 0 Å². The average Bonchev–Trinajstić information content (AvgIpc) is 2.54. The molecule has 2 rings (SSSR count). The molecule has 2 saturated carbocycles. The summed E-state index contributed by atoms with van der Waals surface area (Å²) in [6.45, 7) is 0.439. The Labute approximate surface area is 85.9 Å². The normalized spacial score (nSPS) is 42.4. The molecule has 0 amide bonds. The molecule has 0 heterocycles. The highest BCUT2D eigenvalue weighted by Gasteiger charge is 2.37. The van der Waals surface area contributed by atoms with Gasteiger partial charge in [0.25, 0.3) is 0 Å². The van der Waals surface area contributed by atoms with Crippen molar-refractivity contribution in [3.05, 3.63) is 0 Å². The molecule has 2 unspecified atom stereocenters. The van der Waals surface area contributed by atoms with Gasteiger partial charge >= 0.3 is 0 Å². The van der Waals surface area contributed by atoms with E-state index in [0.717, 1.165) is 11.8 Å². The van der Waals surface area contributed by atoms with Crippen molar-refractivity contribution in [3.63, 3.8) is 0 Å². The maximum absolute atomic E-state index is 5.97. The number of ether oxygens (including phenoxy) is 2. The van der Waals surface area contributed by atoms with Gasteiger partial charge in [-0.3, -0.25) is 0 Å². The molecule has 2 N–H and O–H groups in total. The van der Waals surface area contributed by atoms with Crippen molar-refractivity contribution >= 4 is 0 Å². The van der Waals surface area contributed by atoms with E-state index >= 15 is 0 Å². The van der Waals surface area contributed by atoms with Gasteiger partial charge in [-0.15, -0.1) is 0 Å². The van der Waals surface area contributed by atoms with Gasteiger partial charge in [0.05, 0.1) is 6.10 Å². The van der Waals surface area contributed by atoms with Crippen LogP contribution in [-0.2, 0) is 9.47 Å². The van der Waals surface area contributed by atoms with Crippen molar-refractivity contribution in [1.82, 2.24) is 0 Å². The first kappa shape index (κ1) is 10.4. The van der Waals surface area contributed by atoms with Crippen LogP contribution in [0.2, 0.25) is 0 Å². The summed E-state index contributed by atoms with van der Waals surface area (Å²) in [5.74, 6) is 1.70. The average molecular weight is 199 g/mol. The van der Waals surface area contributed by atoms with Crippen LogP contribution in [0, 0.1) is 11.8 Å². The Morgan fingerprint density at radius 2 is 1.93 bits per heavy atom. The van der Waals surface area contributed by atoms with Crippen LogP contribution in [-0.4, -0.2) is 26.0 Å². The van der Waals surface area contributed by atoms with Gasteiger partial charge in [0.1, 0.15) is 6.79 Å². The first-order chi connectivity index (χ1) is 6.79. The molecule has 3 nitrogen and oxygen atoms in total. The fourth-order valence-corrected chi connectivity index (χ4v) is 3.07. The van der Waals surface area contributed by atoms with Gasteiger partial charge in [-0.25, -0.2) is 0 Å². The van der Waals surface area contributed by atoms with Crippen LogP contribution < -0.4 is 5.73 Å². The zero-order valence-electron chi connectivity index (χ0n) is 8.95. The minimum atomic E-state index is 0.418. The third kappa shape index (κ3) is 2.27. The van der Waals surface area contributed by atoms with E-state index in [1.54, 1.807) is 7.11 Å². The van der Waals surface area contributed by atoms with E-state index in [2.05, 4.69) is 0 Å². The SMILES string of the molecule is COCO[C@@H]1CCC2C[C@@H](N)CC2C1. The van der Waals surface area contributed by atoms with Crippen LogP contribution >= 0.6 is 0 Å². The Hall–Kier alpha value is -0.120. The standard InChI is InChI=1S/C11H21NO2/c1-13-7-14-11-3-2-8-4-10(12)5-9(8)6-11/h8-11H,2-7,12H2,1H3/t8?,9?,10-,11-/m1/s1. The second-order valence-corrected chi connectivity index (χ2v) is 4.76. The van der Waals surface area contributed by atoms with Crippen LogP contribution in [0.25, 0.3) is 0 Å². The Morgan fingerprint density at radius 3 is 2.71 bits per heavy atom. The second kappa shape index (κ2) is 4.60. The summed E-state index contributed by atoms with van der Waals surface area (Å²) < 4.78 is 10.5. The molecule has 2 aliphatic carbocycles. The molecule has 0 aliphatic heterocycles. The molecule has 4 atom stereocenters. The highest BCUT2D eigenvalue weighted by Crippen LogP contribution is 2.42. The number of nitrogens with two attached hydrogens (primary N) is 1. The Bertz CT molecular complexity index is 186. The summed E-state index contributed by atoms with van der Waals surface area (Å²) in [5.41, 5.74) is 5.97. The van der Waals surface area contributed by atoms with Crippen LogP contribution in [0.3, 0.4) is 0 Å². The third-order valence-electron chi connectivity index (χ3n) is 3.72. The Balaban J connectivity index is 1.79. The topological polar surface area (TPSA) is 44.5 Å². The van der Waals surface area contributed by atoms with Crippen molar-refractivity contribution in [1.29, 1.82) is 0 Å². The molecule has 14 heavy (non-hydrogen) atoms. The van der Waals surface area contributed by atoms with Crippen LogP contribution in [0.4, 0.5) is 0 Å². The molecule has 0 aromatic carbocycles. The number of fused-ring (bicyclic) bond motifs is 1. The van der Waals surface area contributed by atoms with Crippen molar-refractivity contribution in [3.8, 4) is 0 Å². The van der Waals surface area contributed by atoms with Crippen molar-refractivity contribution < 1.29 is 9.47 Å². The van der Waals surface area contributed by atoms with E-state index in [4.69, 9.17) is 15.2 Å². The van der Waals surface area contributed by atoms with Gasteiger partial charge < -0.3 is 15.2 Å². The zero-order valence-corrected chi connectivity index (χ0v) is 8.95. The summed E-state index contributed by atoms with van der Waals surface area (Å²) in [4.78, 5) is 0. The summed E-state index contributed by atoms with van der Waals surface area (Å²) in [7, 11) is 1.68. The monoisotopic (exact) mass is 199 g/mol. The molecule has 0 aromatic rings. The summed E-state index contributed by atoms with van der Waals surface area (Å²) in [6.07, 6.45) is 6.55. The number of hydrogen-bond donors (Lipinski definition) is 1. The first-order valence-corrected chi connectivity index (χ1v) is 5.65. The van der Waals surface area contributed by atoms with Crippen LogP contribution in [0.1, 0.15) is 32.1 Å². The number of hydrogen-bond acceptors (Lipinski definition) is 3. The van der Waals surface area contributed by atoms with Gasteiger partial charge in [0, 0.05) is 13.2 Å². The quantitative estimate of drug-likeness (QED) is 0.701. The Morgan fingerprint density at radius 1 is 1.14 bits per heavy atom. The maximum Gasteiger partial charge on any atom is 0.146 e. The van der Waals surface area contributed by atoms with E-state index in [0.29, 0.717) is 18.9 Å². The molecule has 2 fully saturated rings. The van der Waals surface area contributed by atoms with Gasteiger partial charge in [0.15, 0.2) is 0 Å². The zero-order chi connectivity index (χ0) is 9.97. The fraction of sp³-hybridized carbons (Fsp3) is 1.00. The summed E-state index contributed by atoms with van der Waals surface area (Å²) in [6, 6.07) is 0.450. The van der Waals surface area contributed by atoms with E-state index in [1.807, 2.05) is 0 Å². The molecular formula is C11H21NO2. The lowest BCUT2D eigenvalue weighted by atomic mass is 9.80. The van der Waals surface area contributed by atoms with E-state index < -0.39 is 0 Å². The minimum absolute atomic E-state index is 0.418. The van der Waals surface area contributed by atoms with Gasteiger partial charge in [-0.05, 0) is 43.9 Å². The second-order valence-electron chi connectivity index (χ2n) is 4.76. The molecule has 0 saturated heterocycles. The lowest BCUT2D eigenvalue weighted by Gasteiger charge is -2.31. The molecule has 0 radical (unpaired) electrons. The highest BCUT2D eigenvalue weighted by atomic mass is 16.7. The van der Waals surface area contributed by atoms with Gasteiger partial charge in [-0.2, -0.15) is 0 Å². The van der Waals surface area contributed by atoms with Crippen molar-refractivity contribution in [2.45, 2.75) is 44.2 Å². The molecule has 0 spiro atoms. The van der Waals surface area contributed by atoms with Crippen molar-refractivity contribution in [2.24, 2.45) is 17.6 Å². The predicted octanol–water partition coefficient (Wildman–Crippen LogP) is 1.51. The maximum atomic E-state index is 5.97. The molecule has 3 heteroatoms. The molecule has 0 bridgehead atoms. The number of rotatable bonds is 3. The van der Waals surface area contributed by atoms with Gasteiger partial charge in [0.2, 0.25) is 0 Å². The van der Waals surface area contributed by atoms with E-state index in [1.165, 1.54) is 32.1 Å². The highest BCUT2D eigenvalue weighted by molar-refractivity contribution is 4.90. The number of methoxy groups -OCH3 is 1.